The molecule has 0 aliphatic heterocycles. The molecule has 6 nitrogen and oxygen atoms in total. The van der Waals surface area contributed by atoms with Crippen LogP contribution in [0.4, 0.5) is 5.95 Å². The number of benzene rings is 2. The molecule has 27 heavy (non-hydrogen) atoms. The van der Waals surface area contributed by atoms with E-state index in [2.05, 4.69) is 58.7 Å². The Hall–Kier alpha value is -3.28. The highest BCUT2D eigenvalue weighted by atomic mass is 15.3. The van der Waals surface area contributed by atoms with Crippen molar-refractivity contribution in [2.45, 2.75) is 26.8 Å². The molecule has 1 atom stereocenters. The summed E-state index contributed by atoms with van der Waals surface area (Å²) >= 11 is 0. The second kappa shape index (κ2) is 6.79. The number of nitrogens with zero attached hydrogens (tertiary/aromatic N) is 5. The minimum Gasteiger partial charge on any atom is -0.346 e. The van der Waals surface area contributed by atoms with Crippen LogP contribution in [0.1, 0.15) is 29.9 Å². The van der Waals surface area contributed by atoms with Crippen LogP contribution in [0.25, 0.3) is 22.0 Å². The van der Waals surface area contributed by atoms with E-state index in [-0.39, 0.29) is 6.04 Å². The van der Waals surface area contributed by atoms with Crippen LogP contribution >= 0.6 is 0 Å². The molecular weight excluding hydrogens is 336 g/mol. The lowest BCUT2D eigenvalue weighted by atomic mass is 10.0. The number of hydrogen-bond donors (Lipinski definition) is 1. The Morgan fingerprint density at radius 1 is 1.04 bits per heavy atom. The van der Waals surface area contributed by atoms with Gasteiger partial charge in [0.15, 0.2) is 0 Å². The van der Waals surface area contributed by atoms with Crippen LogP contribution in [0.15, 0.2) is 48.7 Å². The Morgan fingerprint density at radius 2 is 1.81 bits per heavy atom. The van der Waals surface area contributed by atoms with Gasteiger partial charge in [-0.25, -0.2) is 4.98 Å². The van der Waals surface area contributed by atoms with E-state index in [1.807, 2.05) is 36.9 Å². The van der Waals surface area contributed by atoms with E-state index < -0.39 is 0 Å². The molecule has 0 radical (unpaired) electrons. The van der Waals surface area contributed by atoms with Gasteiger partial charge in [0.2, 0.25) is 5.95 Å². The molecule has 6 heteroatoms. The van der Waals surface area contributed by atoms with Gasteiger partial charge in [0.1, 0.15) is 0 Å². The third-order valence-corrected chi connectivity index (χ3v) is 4.97. The van der Waals surface area contributed by atoms with Crippen molar-refractivity contribution >= 4 is 16.7 Å². The van der Waals surface area contributed by atoms with E-state index in [9.17, 15) is 0 Å². The van der Waals surface area contributed by atoms with E-state index in [0.29, 0.717) is 5.95 Å². The first-order valence-electron chi connectivity index (χ1n) is 8.99. The van der Waals surface area contributed by atoms with Crippen molar-refractivity contribution in [2.75, 3.05) is 5.32 Å². The lowest BCUT2D eigenvalue weighted by Gasteiger charge is -2.15. The van der Waals surface area contributed by atoms with Gasteiger partial charge in [-0.05, 0) is 31.5 Å². The molecular formula is C21H22N6. The molecule has 0 bridgehead atoms. The van der Waals surface area contributed by atoms with Gasteiger partial charge >= 0.3 is 0 Å². The molecule has 0 amide bonds. The molecule has 2 aromatic heterocycles. The number of anilines is 1. The summed E-state index contributed by atoms with van der Waals surface area (Å²) in [5.74, 6) is 0.510. The maximum atomic E-state index is 4.71. The number of hydrogen-bond acceptors (Lipinski definition) is 5. The third kappa shape index (κ3) is 3.14. The monoisotopic (exact) mass is 358 g/mol. The van der Waals surface area contributed by atoms with Gasteiger partial charge in [-0.15, -0.1) is 5.10 Å². The van der Waals surface area contributed by atoms with E-state index >= 15 is 0 Å². The molecule has 1 N–H and O–H groups in total. The summed E-state index contributed by atoms with van der Waals surface area (Å²) in [5.41, 5.74) is 5.15. The fraction of sp³-hybridized carbons (Fsp3) is 0.238. The summed E-state index contributed by atoms with van der Waals surface area (Å²) in [7, 11) is 1.96. The molecule has 0 aliphatic rings. The summed E-state index contributed by atoms with van der Waals surface area (Å²) in [6.07, 6.45) is 1.71. The van der Waals surface area contributed by atoms with Crippen molar-refractivity contribution in [3.63, 3.8) is 0 Å². The number of nitrogens with one attached hydrogen (secondary N) is 1. The Bertz CT molecular complexity index is 1110. The number of aryl methyl sites for hydroxylation is 2. The Balaban J connectivity index is 1.69. The second-order valence-electron chi connectivity index (χ2n) is 6.77. The summed E-state index contributed by atoms with van der Waals surface area (Å²) in [6, 6.07) is 14.5. The molecule has 0 aliphatic carbocycles. The number of fused-ring (bicyclic) bond motifs is 1. The van der Waals surface area contributed by atoms with Crippen LogP contribution < -0.4 is 5.32 Å². The standard InChI is InChI=1S/C21H22N6/c1-13(20-14(2)26-27(4)15(20)3)23-21-24-19(12-22-25-21)18-11-7-9-16-8-5-6-10-17(16)18/h5-13H,1-4H3,(H,23,24,25)/t13-/m1/s1. The van der Waals surface area contributed by atoms with E-state index in [1.54, 1.807) is 6.20 Å². The minimum atomic E-state index is 0.0308. The predicted octanol–water partition coefficient (Wildman–Crippen LogP) is 4.22. The summed E-state index contributed by atoms with van der Waals surface area (Å²) in [6.45, 7) is 6.18. The highest BCUT2D eigenvalue weighted by Crippen LogP contribution is 2.28. The molecule has 0 spiro atoms. The number of rotatable bonds is 4. The molecule has 0 unspecified atom stereocenters. The van der Waals surface area contributed by atoms with Gasteiger partial charge in [-0.2, -0.15) is 10.2 Å². The van der Waals surface area contributed by atoms with Crippen LogP contribution in [0.5, 0.6) is 0 Å². The van der Waals surface area contributed by atoms with Gasteiger partial charge in [-0.3, -0.25) is 4.68 Å². The molecule has 2 heterocycles. The lowest BCUT2D eigenvalue weighted by molar-refractivity contribution is 0.728. The fourth-order valence-electron chi connectivity index (χ4n) is 3.63. The quantitative estimate of drug-likeness (QED) is 0.592. The van der Waals surface area contributed by atoms with Crippen molar-refractivity contribution in [1.29, 1.82) is 0 Å². The number of aromatic nitrogens is 5. The van der Waals surface area contributed by atoms with E-state index in [0.717, 1.165) is 33.6 Å². The Labute approximate surface area is 158 Å². The van der Waals surface area contributed by atoms with Crippen molar-refractivity contribution in [3.8, 4) is 11.3 Å². The second-order valence-corrected chi connectivity index (χ2v) is 6.77. The Morgan fingerprint density at radius 3 is 2.59 bits per heavy atom. The average Bonchev–Trinajstić information content (AvgIpc) is 2.93. The van der Waals surface area contributed by atoms with Gasteiger partial charge < -0.3 is 5.32 Å². The maximum absolute atomic E-state index is 4.71. The molecule has 4 rings (SSSR count). The molecule has 0 fully saturated rings. The molecule has 2 aromatic carbocycles. The first-order valence-corrected chi connectivity index (χ1v) is 8.99. The first kappa shape index (κ1) is 17.1. The normalized spacial score (nSPS) is 12.3. The smallest absolute Gasteiger partial charge is 0.243 e. The lowest BCUT2D eigenvalue weighted by Crippen LogP contribution is -2.12. The zero-order chi connectivity index (χ0) is 19.0. The zero-order valence-electron chi connectivity index (χ0n) is 15.9. The van der Waals surface area contributed by atoms with Gasteiger partial charge in [-0.1, -0.05) is 42.5 Å². The van der Waals surface area contributed by atoms with Crippen LogP contribution in [0.2, 0.25) is 0 Å². The average molecular weight is 358 g/mol. The SMILES string of the molecule is Cc1nn(C)c(C)c1[C@@H](C)Nc1nncc(-c2cccc3ccccc23)n1. The zero-order valence-corrected chi connectivity index (χ0v) is 15.9. The maximum Gasteiger partial charge on any atom is 0.243 e. The van der Waals surface area contributed by atoms with E-state index in [1.165, 1.54) is 5.39 Å². The van der Waals surface area contributed by atoms with Gasteiger partial charge in [0.05, 0.1) is 23.6 Å². The van der Waals surface area contributed by atoms with E-state index in [4.69, 9.17) is 4.98 Å². The highest BCUT2D eigenvalue weighted by molar-refractivity contribution is 5.95. The van der Waals surface area contributed by atoms with Crippen LogP contribution in [-0.4, -0.2) is 25.0 Å². The van der Waals surface area contributed by atoms with Crippen LogP contribution in [-0.2, 0) is 7.05 Å². The topological polar surface area (TPSA) is 68.5 Å². The highest BCUT2D eigenvalue weighted by Gasteiger charge is 2.17. The Kier molecular flexibility index (Phi) is 4.32. The van der Waals surface area contributed by atoms with Gasteiger partial charge in [0.25, 0.3) is 0 Å². The van der Waals surface area contributed by atoms with Crippen LogP contribution in [0, 0.1) is 13.8 Å². The van der Waals surface area contributed by atoms with Crippen LogP contribution in [0.3, 0.4) is 0 Å². The van der Waals surface area contributed by atoms with Crippen molar-refractivity contribution in [3.05, 3.63) is 65.6 Å². The minimum absolute atomic E-state index is 0.0308. The summed E-state index contributed by atoms with van der Waals surface area (Å²) in [5, 5.41) is 18.5. The fourth-order valence-corrected chi connectivity index (χ4v) is 3.63. The first-order chi connectivity index (χ1) is 13.0. The van der Waals surface area contributed by atoms with Crippen molar-refractivity contribution < 1.29 is 0 Å². The third-order valence-electron chi connectivity index (χ3n) is 4.97. The van der Waals surface area contributed by atoms with Crippen molar-refractivity contribution in [2.24, 2.45) is 7.05 Å². The summed E-state index contributed by atoms with van der Waals surface area (Å²) in [4.78, 5) is 4.71. The predicted molar refractivity (Wildman–Crippen MR) is 107 cm³/mol. The molecule has 136 valence electrons. The van der Waals surface area contributed by atoms with Gasteiger partial charge in [0, 0.05) is 23.9 Å². The molecule has 0 saturated carbocycles. The molecule has 4 aromatic rings. The molecule has 0 saturated heterocycles. The summed E-state index contributed by atoms with van der Waals surface area (Å²) < 4.78 is 1.90. The largest absolute Gasteiger partial charge is 0.346 e. The van der Waals surface area contributed by atoms with Crippen molar-refractivity contribution in [1.82, 2.24) is 25.0 Å².